The summed E-state index contributed by atoms with van der Waals surface area (Å²) in [6.45, 7) is 8.98. The summed E-state index contributed by atoms with van der Waals surface area (Å²) in [5.74, 6) is 1.24. The topological polar surface area (TPSA) is 38.3 Å². The number of aryl methyl sites for hydroxylation is 2. The number of nitrogens with one attached hydrogen (secondary N) is 1. The summed E-state index contributed by atoms with van der Waals surface area (Å²) in [5, 5.41) is 3.00. The van der Waals surface area contributed by atoms with Gasteiger partial charge in [0.1, 0.15) is 5.75 Å². The molecule has 0 spiro atoms. The molecule has 4 heteroatoms. The standard InChI is InChI=1S/C20H24BrNO2/c1-13(2)10-11-24-18-9-8-16(12-17(18)21)20(23)22-19-14(3)6-5-7-15(19)4/h5-9,12-13H,10-11H2,1-4H3,(H,22,23). The van der Waals surface area contributed by atoms with Crippen LogP contribution in [0.3, 0.4) is 0 Å². The molecule has 1 amide bonds. The van der Waals surface area contributed by atoms with E-state index in [-0.39, 0.29) is 5.91 Å². The van der Waals surface area contributed by atoms with Crippen molar-refractivity contribution in [2.45, 2.75) is 34.1 Å². The van der Waals surface area contributed by atoms with Gasteiger partial charge in [0.2, 0.25) is 0 Å². The second-order valence-corrected chi connectivity index (χ2v) is 7.25. The molecule has 0 aromatic heterocycles. The Balaban J connectivity index is 2.09. The molecular weight excluding hydrogens is 366 g/mol. The number of hydrogen-bond donors (Lipinski definition) is 1. The summed E-state index contributed by atoms with van der Waals surface area (Å²) in [5.41, 5.74) is 3.57. The van der Waals surface area contributed by atoms with Crippen molar-refractivity contribution >= 4 is 27.5 Å². The minimum Gasteiger partial charge on any atom is -0.492 e. The molecule has 0 radical (unpaired) electrons. The molecule has 2 aromatic carbocycles. The highest BCUT2D eigenvalue weighted by molar-refractivity contribution is 9.10. The van der Waals surface area contributed by atoms with E-state index in [1.807, 2.05) is 38.1 Å². The summed E-state index contributed by atoms with van der Waals surface area (Å²) < 4.78 is 6.55. The van der Waals surface area contributed by atoms with E-state index in [1.165, 1.54) is 0 Å². The van der Waals surface area contributed by atoms with Crippen molar-refractivity contribution in [3.8, 4) is 5.75 Å². The van der Waals surface area contributed by atoms with Crippen LogP contribution in [0.25, 0.3) is 0 Å². The first-order valence-corrected chi connectivity index (χ1v) is 8.97. The summed E-state index contributed by atoms with van der Waals surface area (Å²) in [4.78, 5) is 12.5. The van der Waals surface area contributed by atoms with Gasteiger partial charge in [-0.15, -0.1) is 0 Å². The fraction of sp³-hybridized carbons (Fsp3) is 0.350. The smallest absolute Gasteiger partial charge is 0.255 e. The van der Waals surface area contributed by atoms with Gasteiger partial charge in [0.25, 0.3) is 5.91 Å². The molecule has 0 saturated heterocycles. The number of carbonyl (C=O) groups excluding carboxylic acids is 1. The van der Waals surface area contributed by atoms with Gasteiger partial charge >= 0.3 is 0 Å². The molecule has 3 nitrogen and oxygen atoms in total. The van der Waals surface area contributed by atoms with Gasteiger partial charge < -0.3 is 10.1 Å². The zero-order valence-corrected chi connectivity index (χ0v) is 16.2. The van der Waals surface area contributed by atoms with Crippen molar-refractivity contribution in [3.05, 3.63) is 57.6 Å². The third kappa shape index (κ3) is 4.84. The quantitative estimate of drug-likeness (QED) is 0.683. The van der Waals surface area contributed by atoms with Gasteiger partial charge in [-0.1, -0.05) is 32.0 Å². The van der Waals surface area contributed by atoms with Crippen molar-refractivity contribution < 1.29 is 9.53 Å². The molecule has 0 bridgehead atoms. The Morgan fingerprint density at radius 2 is 1.83 bits per heavy atom. The molecule has 0 unspecified atom stereocenters. The van der Waals surface area contributed by atoms with Crippen molar-refractivity contribution in [1.82, 2.24) is 0 Å². The first-order valence-electron chi connectivity index (χ1n) is 8.18. The number of amides is 1. The van der Waals surface area contributed by atoms with E-state index in [2.05, 4.69) is 35.1 Å². The van der Waals surface area contributed by atoms with Crippen molar-refractivity contribution in [2.24, 2.45) is 5.92 Å². The molecule has 2 aromatic rings. The van der Waals surface area contributed by atoms with E-state index in [9.17, 15) is 4.79 Å². The van der Waals surface area contributed by atoms with E-state index in [1.54, 1.807) is 12.1 Å². The number of ether oxygens (including phenoxy) is 1. The van der Waals surface area contributed by atoms with E-state index in [0.717, 1.165) is 33.5 Å². The van der Waals surface area contributed by atoms with Crippen LogP contribution in [0.4, 0.5) is 5.69 Å². The highest BCUT2D eigenvalue weighted by atomic mass is 79.9. The SMILES string of the molecule is Cc1cccc(C)c1NC(=O)c1ccc(OCCC(C)C)c(Br)c1. The number of para-hydroxylation sites is 1. The molecule has 128 valence electrons. The Morgan fingerprint density at radius 3 is 2.42 bits per heavy atom. The van der Waals surface area contributed by atoms with E-state index in [0.29, 0.717) is 18.1 Å². The van der Waals surface area contributed by atoms with Gasteiger partial charge in [-0.25, -0.2) is 0 Å². The van der Waals surface area contributed by atoms with Crippen LogP contribution in [-0.2, 0) is 0 Å². The maximum Gasteiger partial charge on any atom is 0.255 e. The number of halogens is 1. The van der Waals surface area contributed by atoms with Gasteiger partial charge in [0.15, 0.2) is 0 Å². The van der Waals surface area contributed by atoms with Crippen molar-refractivity contribution in [2.75, 3.05) is 11.9 Å². The Labute approximate surface area is 152 Å². The molecule has 0 atom stereocenters. The fourth-order valence-electron chi connectivity index (χ4n) is 2.36. The van der Waals surface area contributed by atoms with Crippen LogP contribution in [0.1, 0.15) is 41.8 Å². The van der Waals surface area contributed by atoms with Crippen molar-refractivity contribution in [3.63, 3.8) is 0 Å². The van der Waals surface area contributed by atoms with Crippen molar-refractivity contribution in [1.29, 1.82) is 0 Å². The second-order valence-electron chi connectivity index (χ2n) is 6.40. The van der Waals surface area contributed by atoms with Crippen LogP contribution >= 0.6 is 15.9 Å². The molecule has 2 rings (SSSR count). The minimum absolute atomic E-state index is 0.123. The second kappa shape index (κ2) is 8.34. The lowest BCUT2D eigenvalue weighted by molar-refractivity contribution is 0.102. The molecule has 1 N–H and O–H groups in total. The van der Waals surface area contributed by atoms with Gasteiger partial charge in [-0.05, 0) is 71.4 Å². The first kappa shape index (κ1) is 18.5. The Kier molecular flexibility index (Phi) is 6.44. The fourth-order valence-corrected chi connectivity index (χ4v) is 2.85. The molecule has 24 heavy (non-hydrogen) atoms. The lowest BCUT2D eigenvalue weighted by Gasteiger charge is -2.13. The number of rotatable bonds is 6. The summed E-state index contributed by atoms with van der Waals surface area (Å²) in [7, 11) is 0. The Hall–Kier alpha value is -1.81. The van der Waals surface area contributed by atoms with Crippen LogP contribution < -0.4 is 10.1 Å². The predicted molar refractivity (Wildman–Crippen MR) is 103 cm³/mol. The number of anilines is 1. The lowest BCUT2D eigenvalue weighted by atomic mass is 10.1. The normalized spacial score (nSPS) is 10.8. The molecule has 0 heterocycles. The molecular formula is C20H24BrNO2. The summed E-state index contributed by atoms with van der Waals surface area (Å²) in [6.07, 6.45) is 1.00. The predicted octanol–water partition coefficient (Wildman–Crippen LogP) is 5.74. The maximum absolute atomic E-state index is 12.5. The van der Waals surface area contributed by atoms with Gasteiger partial charge in [-0.2, -0.15) is 0 Å². The molecule has 0 fully saturated rings. The Bertz CT molecular complexity index is 705. The van der Waals surface area contributed by atoms with Crippen LogP contribution in [0.2, 0.25) is 0 Å². The van der Waals surface area contributed by atoms with Gasteiger partial charge in [-0.3, -0.25) is 4.79 Å². The van der Waals surface area contributed by atoms with E-state index in [4.69, 9.17) is 4.74 Å². The van der Waals surface area contributed by atoms with Crippen LogP contribution in [0.15, 0.2) is 40.9 Å². The molecule has 0 aliphatic rings. The van der Waals surface area contributed by atoms with Gasteiger partial charge in [0, 0.05) is 11.3 Å². The summed E-state index contributed by atoms with van der Waals surface area (Å²) in [6, 6.07) is 11.4. The highest BCUT2D eigenvalue weighted by Gasteiger charge is 2.12. The van der Waals surface area contributed by atoms with Crippen LogP contribution in [0, 0.1) is 19.8 Å². The van der Waals surface area contributed by atoms with Crippen LogP contribution in [0.5, 0.6) is 5.75 Å². The largest absolute Gasteiger partial charge is 0.492 e. The zero-order chi connectivity index (χ0) is 17.7. The third-order valence-corrected chi connectivity index (χ3v) is 4.49. The number of hydrogen-bond acceptors (Lipinski definition) is 2. The Morgan fingerprint density at radius 1 is 1.17 bits per heavy atom. The van der Waals surface area contributed by atoms with Crippen LogP contribution in [-0.4, -0.2) is 12.5 Å². The third-order valence-electron chi connectivity index (χ3n) is 3.87. The minimum atomic E-state index is -0.123. The summed E-state index contributed by atoms with van der Waals surface area (Å²) >= 11 is 3.49. The lowest BCUT2D eigenvalue weighted by Crippen LogP contribution is -2.14. The molecule has 0 aliphatic heterocycles. The first-order chi connectivity index (χ1) is 11.4. The van der Waals surface area contributed by atoms with E-state index >= 15 is 0 Å². The average Bonchev–Trinajstić information content (AvgIpc) is 2.52. The maximum atomic E-state index is 12.5. The monoisotopic (exact) mass is 389 g/mol. The van der Waals surface area contributed by atoms with Gasteiger partial charge in [0.05, 0.1) is 11.1 Å². The molecule has 0 saturated carbocycles. The van der Waals surface area contributed by atoms with E-state index < -0.39 is 0 Å². The average molecular weight is 390 g/mol. The zero-order valence-electron chi connectivity index (χ0n) is 14.7. The highest BCUT2D eigenvalue weighted by Crippen LogP contribution is 2.27. The number of benzene rings is 2. The molecule has 0 aliphatic carbocycles. The number of carbonyl (C=O) groups is 1.